The predicted molar refractivity (Wildman–Crippen MR) is 140 cm³/mol. The van der Waals surface area contributed by atoms with Crippen molar-refractivity contribution in [2.45, 2.75) is 51.2 Å². The van der Waals surface area contributed by atoms with Gasteiger partial charge in [-0.3, -0.25) is 23.5 Å². The zero-order valence-electron chi connectivity index (χ0n) is 21.3. The molecule has 3 aromatic rings. The van der Waals surface area contributed by atoms with E-state index in [1.807, 2.05) is 0 Å². The number of nitrogens with one attached hydrogen (secondary N) is 2. The van der Waals surface area contributed by atoms with Crippen LogP contribution in [0.2, 0.25) is 0 Å². The van der Waals surface area contributed by atoms with Crippen LogP contribution >= 0.6 is 0 Å². The van der Waals surface area contributed by atoms with Crippen LogP contribution < -0.4 is 31.4 Å². The summed E-state index contributed by atoms with van der Waals surface area (Å²) >= 11 is 0. The van der Waals surface area contributed by atoms with Crippen molar-refractivity contribution < 1.29 is 19.1 Å². The molecule has 1 fully saturated rings. The first-order chi connectivity index (χ1) is 17.9. The molecule has 37 heavy (non-hydrogen) atoms. The van der Waals surface area contributed by atoms with Gasteiger partial charge in [0.15, 0.2) is 11.5 Å². The molecule has 1 aliphatic rings. The van der Waals surface area contributed by atoms with Crippen molar-refractivity contribution in [2.24, 2.45) is 0 Å². The summed E-state index contributed by atoms with van der Waals surface area (Å²) in [6.07, 6.45) is 5.12. The second-order valence-electron chi connectivity index (χ2n) is 9.16. The minimum absolute atomic E-state index is 0.0276. The van der Waals surface area contributed by atoms with Crippen molar-refractivity contribution >= 4 is 22.7 Å². The van der Waals surface area contributed by atoms with E-state index in [-0.39, 0.29) is 41.8 Å². The molecule has 1 saturated carbocycles. The molecule has 0 bridgehead atoms. The van der Waals surface area contributed by atoms with Crippen LogP contribution in [0.3, 0.4) is 0 Å². The molecule has 10 nitrogen and oxygen atoms in total. The number of aromatic nitrogens is 2. The summed E-state index contributed by atoms with van der Waals surface area (Å²) in [7, 11) is 4.47. The maximum Gasteiger partial charge on any atom is 0.332 e. The van der Waals surface area contributed by atoms with Gasteiger partial charge in [-0.25, -0.2) is 4.79 Å². The molecule has 4 rings (SSSR count). The predicted octanol–water partition coefficient (Wildman–Crippen LogP) is 2.04. The zero-order chi connectivity index (χ0) is 26.5. The van der Waals surface area contributed by atoms with Crippen molar-refractivity contribution in [1.29, 1.82) is 0 Å². The molecule has 0 radical (unpaired) electrons. The zero-order valence-corrected chi connectivity index (χ0v) is 21.3. The summed E-state index contributed by atoms with van der Waals surface area (Å²) in [5.74, 6) is 0.162. The van der Waals surface area contributed by atoms with E-state index >= 15 is 0 Å². The molecular formula is C27H32N4O6. The van der Waals surface area contributed by atoms with Crippen molar-refractivity contribution in [2.75, 3.05) is 21.3 Å². The number of hydrogen-bond donors (Lipinski definition) is 2. The first-order valence-corrected chi connectivity index (χ1v) is 12.4. The van der Waals surface area contributed by atoms with Gasteiger partial charge >= 0.3 is 5.69 Å². The molecular weight excluding hydrogens is 476 g/mol. The fourth-order valence-corrected chi connectivity index (χ4v) is 4.79. The molecule has 0 atom stereocenters. The van der Waals surface area contributed by atoms with E-state index in [0.29, 0.717) is 22.6 Å². The van der Waals surface area contributed by atoms with Gasteiger partial charge < -0.3 is 20.1 Å². The maximum atomic E-state index is 13.6. The molecule has 2 N–H and O–H groups in total. The largest absolute Gasteiger partial charge is 0.493 e. The van der Waals surface area contributed by atoms with E-state index in [2.05, 4.69) is 10.6 Å². The highest BCUT2D eigenvalue weighted by molar-refractivity contribution is 5.94. The molecule has 1 aliphatic carbocycles. The Hall–Kier alpha value is -4.08. The molecule has 2 aromatic carbocycles. The van der Waals surface area contributed by atoms with Crippen molar-refractivity contribution in [3.63, 3.8) is 0 Å². The van der Waals surface area contributed by atoms with Crippen molar-refractivity contribution in [3.8, 4) is 11.5 Å². The fraction of sp³-hybridized carbons (Fsp3) is 0.407. The number of nitrogens with zero attached hydrogens (tertiary/aromatic N) is 2. The minimum Gasteiger partial charge on any atom is -0.493 e. The third-order valence-corrected chi connectivity index (χ3v) is 6.79. The first kappa shape index (κ1) is 26.0. The number of amides is 2. The average molecular weight is 509 g/mol. The lowest BCUT2D eigenvalue weighted by molar-refractivity contribution is -0.122. The van der Waals surface area contributed by atoms with Gasteiger partial charge in [-0.1, -0.05) is 31.4 Å². The number of rotatable bonds is 8. The molecule has 0 saturated heterocycles. The molecule has 0 aliphatic heterocycles. The van der Waals surface area contributed by atoms with Crippen LogP contribution in [0.1, 0.15) is 48.0 Å². The molecule has 2 amide bonds. The normalized spacial score (nSPS) is 13.8. The minimum atomic E-state index is -0.612. The molecule has 196 valence electrons. The summed E-state index contributed by atoms with van der Waals surface area (Å²) in [5, 5.41) is 5.82. The number of carbonyl (C=O) groups excluding carboxylic acids is 2. The van der Waals surface area contributed by atoms with E-state index in [0.717, 1.165) is 36.7 Å². The maximum absolute atomic E-state index is 13.6. The summed E-state index contributed by atoms with van der Waals surface area (Å²) in [6, 6.07) is 9.80. The lowest BCUT2D eigenvalue weighted by Crippen LogP contribution is -2.44. The van der Waals surface area contributed by atoms with Crippen LogP contribution in [0.5, 0.6) is 11.5 Å². The lowest BCUT2D eigenvalue weighted by Gasteiger charge is -2.23. The number of methoxy groups -OCH3 is 2. The third-order valence-electron chi connectivity index (χ3n) is 6.79. The smallest absolute Gasteiger partial charge is 0.332 e. The average Bonchev–Trinajstić information content (AvgIpc) is 2.93. The van der Waals surface area contributed by atoms with E-state index < -0.39 is 11.2 Å². The van der Waals surface area contributed by atoms with Gasteiger partial charge in [0.25, 0.3) is 11.5 Å². The second kappa shape index (κ2) is 11.3. The summed E-state index contributed by atoms with van der Waals surface area (Å²) in [5.41, 5.74) is 0.285. The van der Waals surface area contributed by atoms with Gasteiger partial charge in [-0.2, -0.15) is 0 Å². The molecule has 1 heterocycles. The summed E-state index contributed by atoms with van der Waals surface area (Å²) in [4.78, 5) is 52.0. The Morgan fingerprint density at radius 3 is 2.22 bits per heavy atom. The van der Waals surface area contributed by atoms with Gasteiger partial charge in [0, 0.05) is 24.7 Å². The van der Waals surface area contributed by atoms with Gasteiger partial charge in [-0.05, 0) is 36.6 Å². The van der Waals surface area contributed by atoms with Crippen LogP contribution in [0, 0.1) is 0 Å². The Morgan fingerprint density at radius 2 is 1.59 bits per heavy atom. The molecule has 0 unspecified atom stereocenters. The van der Waals surface area contributed by atoms with E-state index in [9.17, 15) is 19.2 Å². The SMILES string of the molecule is CNC(=O)c1ccc(Cn2c(=O)c3cc(OC)c(OC)cc3n(CC(=O)NC3CCCCC3)c2=O)cc1. The van der Waals surface area contributed by atoms with Gasteiger partial charge in [-0.15, -0.1) is 0 Å². The monoisotopic (exact) mass is 508 g/mol. The van der Waals surface area contributed by atoms with E-state index in [1.54, 1.807) is 37.4 Å². The number of ether oxygens (including phenoxy) is 2. The molecule has 0 spiro atoms. The van der Waals surface area contributed by atoms with Gasteiger partial charge in [0.05, 0.1) is 31.7 Å². The Morgan fingerprint density at radius 1 is 0.946 bits per heavy atom. The fourth-order valence-electron chi connectivity index (χ4n) is 4.79. The van der Waals surface area contributed by atoms with Gasteiger partial charge in [0.1, 0.15) is 6.54 Å². The van der Waals surface area contributed by atoms with Crippen molar-refractivity contribution in [3.05, 3.63) is 68.4 Å². The Labute approximate surface area is 214 Å². The van der Waals surface area contributed by atoms with Crippen LogP contribution in [-0.4, -0.2) is 48.3 Å². The standard InChI is InChI=1S/C27H32N4O6/c1-28-25(33)18-11-9-17(10-12-18)15-31-26(34)20-13-22(36-2)23(37-3)14-21(20)30(27(31)35)16-24(32)29-19-7-5-4-6-8-19/h9-14,19H,4-8,15-16H2,1-3H3,(H,28,33)(H,29,32). The highest BCUT2D eigenvalue weighted by Crippen LogP contribution is 2.30. The Kier molecular flexibility index (Phi) is 7.95. The molecule has 10 heteroatoms. The Balaban J connectivity index is 1.78. The van der Waals surface area contributed by atoms with Crippen molar-refractivity contribution in [1.82, 2.24) is 19.8 Å². The quantitative estimate of drug-likeness (QED) is 0.481. The highest BCUT2D eigenvalue weighted by Gasteiger charge is 2.21. The topological polar surface area (TPSA) is 121 Å². The van der Waals surface area contributed by atoms with Gasteiger partial charge in [0.2, 0.25) is 5.91 Å². The first-order valence-electron chi connectivity index (χ1n) is 12.4. The third kappa shape index (κ3) is 5.52. The number of fused-ring (bicyclic) bond motifs is 1. The van der Waals surface area contributed by atoms with Crippen LogP contribution in [0.4, 0.5) is 0 Å². The number of benzene rings is 2. The van der Waals surface area contributed by atoms with Crippen LogP contribution in [0.15, 0.2) is 46.0 Å². The van der Waals surface area contributed by atoms with Crippen LogP contribution in [0.25, 0.3) is 10.9 Å². The summed E-state index contributed by atoms with van der Waals surface area (Å²) < 4.78 is 13.2. The van der Waals surface area contributed by atoms with Crippen LogP contribution in [-0.2, 0) is 17.9 Å². The number of hydrogen-bond acceptors (Lipinski definition) is 6. The van der Waals surface area contributed by atoms with E-state index in [1.165, 1.54) is 24.9 Å². The second-order valence-corrected chi connectivity index (χ2v) is 9.16. The number of carbonyl (C=O) groups is 2. The Bertz CT molecular complexity index is 1420. The molecule has 1 aromatic heterocycles. The van der Waals surface area contributed by atoms with E-state index in [4.69, 9.17) is 9.47 Å². The summed E-state index contributed by atoms with van der Waals surface area (Å²) in [6.45, 7) is -0.266. The lowest BCUT2D eigenvalue weighted by atomic mass is 9.95. The highest BCUT2D eigenvalue weighted by atomic mass is 16.5.